The van der Waals surface area contributed by atoms with Gasteiger partial charge >= 0.3 is 5.97 Å². The largest absolute Gasteiger partial charge is 0.478 e. The van der Waals surface area contributed by atoms with E-state index in [1.807, 2.05) is 111 Å². The number of imidazole rings is 1. The molecule has 3 atom stereocenters. The minimum absolute atomic E-state index is 0.0709. The SMILES string of the molecule is Cc1ncsc1-c1ccc(CNC(=O)[C@@H]2C[C@@H](O)CN2C(=O)[C@@H](NCCOCCOCCOCC(=O)n2cc(-c3ccn4c(Nc5ccc(C(=O)O)cc5)c(-c5ccccc5)nc4c3)nn2)C(C)(C)C)cc1. The van der Waals surface area contributed by atoms with Crippen molar-refractivity contribution in [2.24, 2.45) is 5.41 Å². The number of aromatic nitrogens is 6. The Morgan fingerprint density at radius 1 is 0.875 bits per heavy atom. The molecule has 5 N–H and O–H groups in total. The van der Waals surface area contributed by atoms with E-state index < -0.39 is 35.5 Å². The first-order chi connectivity index (χ1) is 34.7. The van der Waals surface area contributed by atoms with Crippen LogP contribution in [0, 0.1) is 12.3 Å². The number of carbonyl (C=O) groups excluding carboxylic acids is 3. The van der Waals surface area contributed by atoms with E-state index >= 15 is 0 Å². The second-order valence-corrected chi connectivity index (χ2v) is 19.2. The zero-order valence-electron chi connectivity index (χ0n) is 40.5. The van der Waals surface area contributed by atoms with Gasteiger partial charge in [0.15, 0.2) is 0 Å². The number of carbonyl (C=O) groups is 4. The number of nitrogens with zero attached hydrogens (tertiary/aromatic N) is 7. The lowest BCUT2D eigenvalue weighted by atomic mass is 9.85. The van der Waals surface area contributed by atoms with Gasteiger partial charge in [0.05, 0.1) is 73.0 Å². The maximum atomic E-state index is 14.0. The first-order valence-electron chi connectivity index (χ1n) is 23.6. The molecular weight excluding hydrogens is 941 g/mol. The summed E-state index contributed by atoms with van der Waals surface area (Å²) in [4.78, 5) is 63.6. The Hall–Kier alpha value is -7.20. The number of carboxylic acid groups (broad SMARTS) is 1. The van der Waals surface area contributed by atoms with Crippen molar-refractivity contribution in [3.8, 4) is 33.0 Å². The van der Waals surface area contributed by atoms with Crippen LogP contribution in [0.25, 0.3) is 38.6 Å². The number of hydrogen-bond donors (Lipinski definition) is 5. The zero-order valence-corrected chi connectivity index (χ0v) is 41.3. The average Bonchev–Trinajstić information content (AvgIpc) is 4.20. The molecule has 3 aromatic carbocycles. The van der Waals surface area contributed by atoms with Crippen molar-refractivity contribution in [2.45, 2.75) is 58.8 Å². The van der Waals surface area contributed by atoms with Crippen LogP contribution < -0.4 is 16.0 Å². The van der Waals surface area contributed by atoms with Crippen LogP contribution in [0.4, 0.5) is 11.5 Å². The van der Waals surface area contributed by atoms with Gasteiger partial charge in [-0.3, -0.25) is 18.8 Å². The second-order valence-electron chi connectivity index (χ2n) is 18.4. The van der Waals surface area contributed by atoms with Crippen molar-refractivity contribution in [3.05, 3.63) is 126 Å². The van der Waals surface area contributed by atoms with Crippen molar-refractivity contribution in [1.29, 1.82) is 0 Å². The molecule has 20 heteroatoms. The number of rotatable bonds is 22. The van der Waals surface area contributed by atoms with Gasteiger partial charge in [-0.1, -0.05) is 80.6 Å². The van der Waals surface area contributed by atoms with E-state index in [9.17, 15) is 29.4 Å². The molecule has 0 bridgehead atoms. The molecular formula is C52H58N10O9S. The molecule has 0 spiro atoms. The molecule has 376 valence electrons. The quantitative estimate of drug-likeness (QED) is 0.0482. The number of β-amino-alcohol motifs (C(OH)–C–C–N with tert-alkyl or cyclic N) is 1. The molecule has 72 heavy (non-hydrogen) atoms. The number of benzene rings is 3. The Balaban J connectivity index is 0.740. The number of nitrogens with one attached hydrogen (secondary N) is 3. The van der Waals surface area contributed by atoms with E-state index in [1.165, 1.54) is 23.2 Å². The smallest absolute Gasteiger partial charge is 0.335 e. The number of thiazole rings is 1. The topological polar surface area (TPSA) is 237 Å². The van der Waals surface area contributed by atoms with E-state index in [-0.39, 0.29) is 56.8 Å². The first-order valence-corrected chi connectivity index (χ1v) is 24.5. The number of aliphatic hydroxyl groups excluding tert-OH is 1. The van der Waals surface area contributed by atoms with E-state index in [0.717, 1.165) is 31.9 Å². The third-order valence-corrected chi connectivity index (χ3v) is 13.1. The highest BCUT2D eigenvalue weighted by Crippen LogP contribution is 2.33. The Kier molecular flexibility index (Phi) is 16.6. The number of ether oxygens (including phenoxy) is 3. The summed E-state index contributed by atoms with van der Waals surface area (Å²) in [6.07, 6.45) is 2.72. The lowest BCUT2D eigenvalue weighted by Gasteiger charge is -2.35. The van der Waals surface area contributed by atoms with Gasteiger partial charge in [-0.2, -0.15) is 4.68 Å². The molecule has 0 radical (unpaired) electrons. The minimum Gasteiger partial charge on any atom is -0.478 e. The number of anilines is 2. The van der Waals surface area contributed by atoms with Crippen LogP contribution in [0.15, 0.2) is 109 Å². The molecule has 1 aliphatic heterocycles. The fraction of sp³-hybridized carbons (Fsp3) is 0.346. The van der Waals surface area contributed by atoms with Gasteiger partial charge < -0.3 is 45.3 Å². The number of hydrogen-bond acceptors (Lipinski definition) is 15. The molecule has 1 fully saturated rings. The van der Waals surface area contributed by atoms with Crippen molar-refractivity contribution in [2.75, 3.05) is 58.0 Å². The number of aliphatic hydroxyl groups is 1. The fourth-order valence-corrected chi connectivity index (χ4v) is 9.12. The van der Waals surface area contributed by atoms with Crippen LogP contribution >= 0.6 is 11.3 Å². The standard InChI is InChI=1S/C52H58N10O9S/c1-33-46(72-32-55-33)36-12-10-34(11-13-36)28-54-49(65)42-27-40(63)29-61(42)50(66)47(52(2,3)4)53-19-21-69-22-23-70-24-25-71-31-44(64)62-30-41(58-59-62)38-18-20-60-43(26-38)57-45(35-8-6-5-7-9-35)48(60)56-39-16-14-37(15-17-39)51(67)68/h5-18,20,26,30,32,40,42,47,53,56,63H,19,21-25,27-29,31H2,1-4H3,(H,54,65)(H,67,68)/t40-,42+,47-/m1/s1. The molecule has 4 aromatic heterocycles. The van der Waals surface area contributed by atoms with Crippen LogP contribution in [0.5, 0.6) is 0 Å². The van der Waals surface area contributed by atoms with Crippen LogP contribution in [0.3, 0.4) is 0 Å². The average molecular weight is 999 g/mol. The second kappa shape index (κ2) is 23.4. The number of fused-ring (bicyclic) bond motifs is 1. The highest BCUT2D eigenvalue weighted by Gasteiger charge is 2.43. The van der Waals surface area contributed by atoms with Crippen LogP contribution in [-0.2, 0) is 30.3 Å². The number of aromatic carboxylic acids is 1. The molecule has 1 aliphatic rings. The van der Waals surface area contributed by atoms with Gasteiger partial charge in [0.25, 0.3) is 5.91 Å². The highest BCUT2D eigenvalue weighted by molar-refractivity contribution is 7.13. The summed E-state index contributed by atoms with van der Waals surface area (Å²) in [6.45, 7) is 9.59. The molecule has 7 aromatic rings. The van der Waals surface area contributed by atoms with E-state index in [1.54, 1.807) is 23.5 Å². The summed E-state index contributed by atoms with van der Waals surface area (Å²) in [7, 11) is 0. The summed E-state index contributed by atoms with van der Waals surface area (Å²) in [6, 6.07) is 26.3. The van der Waals surface area contributed by atoms with Gasteiger partial charge in [0, 0.05) is 49.1 Å². The Bertz CT molecular complexity index is 2970. The van der Waals surface area contributed by atoms with Gasteiger partial charge in [0.2, 0.25) is 11.8 Å². The molecule has 0 unspecified atom stereocenters. The minimum atomic E-state index is -1.01. The van der Waals surface area contributed by atoms with Gasteiger partial charge in [0.1, 0.15) is 35.5 Å². The summed E-state index contributed by atoms with van der Waals surface area (Å²) < 4.78 is 20.0. The molecule has 1 saturated heterocycles. The summed E-state index contributed by atoms with van der Waals surface area (Å²) in [5.74, 6) is -1.30. The summed E-state index contributed by atoms with van der Waals surface area (Å²) in [5.41, 5.74) is 8.47. The molecule has 0 aliphatic carbocycles. The van der Waals surface area contributed by atoms with E-state index in [4.69, 9.17) is 19.2 Å². The normalized spacial score (nSPS) is 15.2. The third kappa shape index (κ3) is 12.6. The molecule has 2 amide bonds. The van der Waals surface area contributed by atoms with Crippen LogP contribution in [0.1, 0.15) is 53.6 Å². The summed E-state index contributed by atoms with van der Waals surface area (Å²) in [5, 5.41) is 37.8. The summed E-state index contributed by atoms with van der Waals surface area (Å²) >= 11 is 1.58. The lowest BCUT2D eigenvalue weighted by Crippen LogP contribution is -2.57. The van der Waals surface area contributed by atoms with Crippen LogP contribution in [0.2, 0.25) is 0 Å². The number of pyridine rings is 1. The monoisotopic (exact) mass is 998 g/mol. The first kappa shape index (κ1) is 51.2. The lowest BCUT2D eigenvalue weighted by molar-refractivity contribution is -0.142. The maximum Gasteiger partial charge on any atom is 0.335 e. The zero-order chi connectivity index (χ0) is 50.8. The van der Waals surface area contributed by atoms with Gasteiger partial charge in [-0.15, -0.1) is 16.4 Å². The fourth-order valence-electron chi connectivity index (χ4n) is 8.31. The predicted octanol–water partition coefficient (Wildman–Crippen LogP) is 6.11. The Labute approximate surface area is 420 Å². The number of likely N-dealkylation sites (tertiary alicyclic amines) is 1. The van der Waals surface area contributed by atoms with E-state index in [2.05, 4.69) is 31.2 Å². The molecule has 0 saturated carbocycles. The van der Waals surface area contributed by atoms with Crippen molar-refractivity contribution >= 4 is 52.2 Å². The van der Waals surface area contributed by atoms with Crippen molar-refractivity contribution in [1.82, 2.24) is 44.9 Å². The molecule has 5 heterocycles. The molecule has 19 nitrogen and oxygen atoms in total. The van der Waals surface area contributed by atoms with Crippen molar-refractivity contribution < 1.29 is 43.6 Å². The molecule has 8 rings (SSSR count). The van der Waals surface area contributed by atoms with E-state index in [0.29, 0.717) is 60.4 Å². The van der Waals surface area contributed by atoms with Crippen molar-refractivity contribution in [3.63, 3.8) is 0 Å². The number of aryl methyl sites for hydroxylation is 1. The third-order valence-electron chi connectivity index (χ3n) is 12.1. The maximum absolute atomic E-state index is 14.0. The van der Waals surface area contributed by atoms with Gasteiger partial charge in [-0.25, -0.2) is 14.8 Å². The predicted molar refractivity (Wildman–Crippen MR) is 271 cm³/mol. The Morgan fingerprint density at radius 3 is 2.29 bits per heavy atom. The number of amides is 2. The van der Waals surface area contributed by atoms with Crippen LogP contribution in [-0.4, -0.2) is 139 Å². The highest BCUT2D eigenvalue weighted by atomic mass is 32.1. The number of carboxylic acids is 1. The Morgan fingerprint density at radius 2 is 1.60 bits per heavy atom. The van der Waals surface area contributed by atoms with Gasteiger partial charge in [-0.05, 0) is 59.9 Å².